The number of halogens is 1. The summed E-state index contributed by atoms with van der Waals surface area (Å²) < 4.78 is 65.9. The van der Waals surface area contributed by atoms with E-state index < -0.39 is 0 Å². The number of amides is 3. The Hall–Kier alpha value is -2.55. The van der Waals surface area contributed by atoms with Crippen LogP contribution in [0.3, 0.4) is 0 Å². The van der Waals surface area contributed by atoms with Crippen LogP contribution in [-0.4, -0.2) is 227 Å². The highest BCUT2D eigenvalue weighted by Crippen LogP contribution is 1.98. The number of azide groups is 1. The number of nitrogens with two attached hydrogens (primary N) is 2. The molecule has 0 heterocycles. The third kappa shape index (κ3) is 48.3. The molecule has 0 atom stereocenters. The van der Waals surface area contributed by atoms with E-state index in [2.05, 4.69) is 20.7 Å². The lowest BCUT2D eigenvalue weighted by atomic mass is 10.3. The van der Waals surface area contributed by atoms with Crippen molar-refractivity contribution >= 4 is 30.1 Å². The normalized spacial score (nSPS) is 10.9. The van der Waals surface area contributed by atoms with Crippen LogP contribution in [0.4, 0.5) is 0 Å². The topological polar surface area (TPSA) is 290 Å². The zero-order valence-corrected chi connectivity index (χ0v) is 36.8. The number of nitrogens with zero attached hydrogens (tertiary/aromatic N) is 4. The first kappa shape index (κ1) is 60.5. The van der Waals surface area contributed by atoms with Gasteiger partial charge in [-0.1, -0.05) is 5.11 Å². The van der Waals surface area contributed by atoms with Crippen LogP contribution in [0.5, 0.6) is 0 Å². The van der Waals surface area contributed by atoms with E-state index in [1.165, 1.54) is 0 Å². The van der Waals surface area contributed by atoms with Gasteiger partial charge in [-0.15, -0.1) is 12.4 Å². The van der Waals surface area contributed by atoms with Crippen molar-refractivity contribution in [2.24, 2.45) is 16.6 Å². The summed E-state index contributed by atoms with van der Waals surface area (Å²) in [5.74, 6) is -0.271. The van der Waals surface area contributed by atoms with Crippen molar-refractivity contribution in [3.05, 3.63) is 10.4 Å². The summed E-state index contributed by atoms with van der Waals surface area (Å²) in [6.45, 7) is 11.6. The quantitative estimate of drug-likeness (QED) is 0.0248. The van der Waals surface area contributed by atoms with Gasteiger partial charge >= 0.3 is 0 Å². The number of carbonyl (C=O) groups excluding carboxylic acids is 3. The summed E-state index contributed by atoms with van der Waals surface area (Å²) in [5, 5.41) is 8.74. The van der Waals surface area contributed by atoms with Crippen molar-refractivity contribution in [2.75, 3.05) is 204 Å². The van der Waals surface area contributed by atoms with Gasteiger partial charge in [0, 0.05) is 63.6 Å². The fraction of sp³-hybridized carbons (Fsp3) is 0.919. The molecule has 0 aliphatic rings. The molecule has 0 bridgehead atoms. The molecule has 0 unspecified atom stereocenters. The molecule has 0 spiro atoms. The van der Waals surface area contributed by atoms with Gasteiger partial charge in [0.05, 0.1) is 165 Å². The highest BCUT2D eigenvalue weighted by atomic mass is 35.5. The highest BCUT2D eigenvalue weighted by molar-refractivity contribution is 5.85. The number of ether oxygens (including phenoxy) is 12. The number of carbonyl (C=O) groups is 3. The van der Waals surface area contributed by atoms with Crippen molar-refractivity contribution in [3.8, 4) is 0 Å². The molecule has 23 nitrogen and oxygen atoms in total. The summed E-state index contributed by atoms with van der Waals surface area (Å²) in [7, 11) is 0. The molecular formula is C37H75ClN8O15. The van der Waals surface area contributed by atoms with E-state index in [4.69, 9.17) is 73.8 Å². The molecule has 6 N–H and O–H groups in total. The molecule has 0 radical (unpaired) electrons. The second-order valence-electron chi connectivity index (χ2n) is 12.2. The number of hydrogen-bond acceptors (Lipinski definition) is 18. The van der Waals surface area contributed by atoms with E-state index in [9.17, 15) is 14.4 Å². The molecule has 61 heavy (non-hydrogen) atoms. The van der Waals surface area contributed by atoms with Crippen LogP contribution in [0.1, 0.15) is 19.3 Å². The van der Waals surface area contributed by atoms with E-state index in [0.29, 0.717) is 191 Å². The van der Waals surface area contributed by atoms with Gasteiger partial charge < -0.3 is 83.8 Å². The maximum absolute atomic E-state index is 13.0. The molecule has 0 rings (SSSR count). The van der Waals surface area contributed by atoms with Gasteiger partial charge in [-0.25, -0.2) is 0 Å². The van der Waals surface area contributed by atoms with Crippen LogP contribution in [0.2, 0.25) is 0 Å². The number of hydrogen-bond donors (Lipinski definition) is 4. The molecule has 0 saturated carbocycles. The highest BCUT2D eigenvalue weighted by Gasteiger charge is 2.13. The third-order valence-electron chi connectivity index (χ3n) is 7.45. The van der Waals surface area contributed by atoms with E-state index in [1.54, 1.807) is 4.90 Å². The zero-order valence-electron chi connectivity index (χ0n) is 36.0. The van der Waals surface area contributed by atoms with Crippen LogP contribution in [0.25, 0.3) is 10.4 Å². The smallest absolute Gasteiger partial charge is 0.225 e. The number of nitrogens with one attached hydrogen (secondary N) is 2. The van der Waals surface area contributed by atoms with Gasteiger partial charge in [0.1, 0.15) is 0 Å². The summed E-state index contributed by atoms with van der Waals surface area (Å²) in [4.78, 5) is 40.3. The van der Waals surface area contributed by atoms with Crippen molar-refractivity contribution in [1.29, 1.82) is 0 Å². The summed E-state index contributed by atoms with van der Waals surface area (Å²) in [5.41, 5.74) is 18.9. The molecule has 360 valence electrons. The molecule has 0 aromatic heterocycles. The van der Waals surface area contributed by atoms with E-state index >= 15 is 0 Å². The summed E-state index contributed by atoms with van der Waals surface area (Å²) >= 11 is 0. The van der Waals surface area contributed by atoms with Crippen LogP contribution in [0.15, 0.2) is 5.11 Å². The molecule has 0 aliphatic carbocycles. The minimum atomic E-state index is -0.0927. The predicted octanol–water partition coefficient (Wildman–Crippen LogP) is -0.934. The SMILES string of the molecule is Cl.[N-]=[N+]=NCCOCCOCCOCCOCCC(=O)N(CCOCCOCCOCCOCCC(=O)NCCN)CCOCCOCCOCCOCCC(=O)NCCN. The monoisotopic (exact) mass is 907 g/mol. The molecule has 0 saturated heterocycles. The lowest BCUT2D eigenvalue weighted by Gasteiger charge is -2.23. The van der Waals surface area contributed by atoms with Crippen molar-refractivity contribution in [1.82, 2.24) is 15.5 Å². The maximum Gasteiger partial charge on any atom is 0.225 e. The average molecular weight is 908 g/mol. The minimum Gasteiger partial charge on any atom is -0.379 e. The Bertz CT molecular complexity index is 982. The molecule has 3 amide bonds. The Balaban J connectivity index is 0. The lowest BCUT2D eigenvalue weighted by molar-refractivity contribution is -0.134. The first-order valence-electron chi connectivity index (χ1n) is 20.7. The first-order valence-corrected chi connectivity index (χ1v) is 20.7. The molecule has 0 aromatic rings. The Morgan fingerprint density at radius 3 is 1.03 bits per heavy atom. The lowest BCUT2D eigenvalue weighted by Crippen LogP contribution is -2.37. The van der Waals surface area contributed by atoms with E-state index in [-0.39, 0.29) is 62.5 Å². The Labute approximate surface area is 367 Å². The zero-order chi connectivity index (χ0) is 43.7. The fourth-order valence-electron chi connectivity index (χ4n) is 4.39. The largest absolute Gasteiger partial charge is 0.379 e. The second-order valence-corrected chi connectivity index (χ2v) is 12.2. The molecule has 0 aliphatic heterocycles. The van der Waals surface area contributed by atoms with Crippen molar-refractivity contribution in [2.45, 2.75) is 19.3 Å². The Morgan fingerprint density at radius 2 is 0.721 bits per heavy atom. The summed E-state index contributed by atoms with van der Waals surface area (Å²) in [6.07, 6.45) is 0.753. The average Bonchev–Trinajstić information content (AvgIpc) is 3.25. The molecule has 0 fully saturated rings. The first-order chi connectivity index (χ1) is 29.5. The fourth-order valence-corrected chi connectivity index (χ4v) is 4.39. The third-order valence-corrected chi connectivity index (χ3v) is 7.45. The Kier molecular flexibility index (Phi) is 51.4. The maximum atomic E-state index is 13.0. The van der Waals surface area contributed by atoms with Crippen molar-refractivity contribution < 1.29 is 71.2 Å². The van der Waals surface area contributed by atoms with Crippen LogP contribution < -0.4 is 22.1 Å². The van der Waals surface area contributed by atoms with Gasteiger partial charge in [-0.05, 0) is 5.53 Å². The minimum absolute atomic E-state index is 0. The van der Waals surface area contributed by atoms with Gasteiger partial charge in [0.25, 0.3) is 0 Å². The van der Waals surface area contributed by atoms with Gasteiger partial charge in [-0.2, -0.15) is 0 Å². The molecular weight excluding hydrogens is 832 g/mol. The van der Waals surface area contributed by atoms with E-state index in [0.717, 1.165) is 0 Å². The Morgan fingerprint density at radius 1 is 0.443 bits per heavy atom. The van der Waals surface area contributed by atoms with Crippen LogP contribution in [0, 0.1) is 0 Å². The standard InChI is InChI=1S/C37H74N8O15.ClH/c38-4-6-41-35(46)1-11-49-17-23-55-30-33-59-27-21-53-15-9-45(37(48)3-13-51-19-25-57-29-32-58-26-20-52-14-8-43-44-40)10-16-54-22-28-60-34-31-56-24-18-50-12-2-36(47)42-7-5-39;/h1-34,38-39H2,(H,41,46)(H,42,47);1H. The van der Waals surface area contributed by atoms with Gasteiger partial charge in [0.2, 0.25) is 17.7 Å². The predicted molar refractivity (Wildman–Crippen MR) is 226 cm³/mol. The van der Waals surface area contributed by atoms with Gasteiger partial charge in [-0.3, -0.25) is 14.4 Å². The molecule has 24 heteroatoms. The second kappa shape index (κ2) is 51.8. The van der Waals surface area contributed by atoms with E-state index in [1.807, 2.05) is 0 Å². The van der Waals surface area contributed by atoms with Crippen molar-refractivity contribution in [3.63, 3.8) is 0 Å². The molecule has 0 aromatic carbocycles. The summed E-state index contributed by atoms with van der Waals surface area (Å²) in [6, 6.07) is 0. The van der Waals surface area contributed by atoms with Gasteiger partial charge in [0.15, 0.2) is 0 Å². The van der Waals surface area contributed by atoms with Crippen LogP contribution in [-0.2, 0) is 71.2 Å². The number of rotatable bonds is 49. The van der Waals surface area contributed by atoms with Crippen LogP contribution >= 0.6 is 12.4 Å².